The molecule has 11 nitrogen and oxygen atoms in total. The number of oxazole rings is 1. The number of aromatic nitrogens is 4. The van der Waals surface area contributed by atoms with E-state index in [2.05, 4.69) is 63.2 Å². The Morgan fingerprint density at radius 2 is 1.67 bits per heavy atom. The number of likely N-dealkylation sites (tertiary alicyclic amines) is 2. The van der Waals surface area contributed by atoms with Gasteiger partial charge in [0, 0.05) is 37.1 Å². The third-order valence-corrected chi connectivity index (χ3v) is 10.3. The molecule has 6 aromatic rings. The van der Waals surface area contributed by atoms with Crippen molar-refractivity contribution in [1.82, 2.24) is 29.7 Å². The first kappa shape index (κ1) is 32.5. The predicted octanol–water partition coefficient (Wildman–Crippen LogP) is 7.23. The summed E-state index contributed by atoms with van der Waals surface area (Å²) in [7, 11) is 0. The molecule has 0 bridgehead atoms. The third kappa shape index (κ3) is 6.40. The van der Waals surface area contributed by atoms with Gasteiger partial charge in [-0.2, -0.15) is 5.26 Å². The Morgan fingerprint density at radius 3 is 2.45 bits per heavy atom. The van der Waals surface area contributed by atoms with E-state index in [1.807, 2.05) is 42.6 Å². The Balaban J connectivity index is 1.08. The van der Waals surface area contributed by atoms with Gasteiger partial charge in [0.15, 0.2) is 11.4 Å². The smallest absolute Gasteiger partial charge is 0.307 e. The summed E-state index contributed by atoms with van der Waals surface area (Å²) >= 11 is 0. The van der Waals surface area contributed by atoms with Crippen LogP contribution in [0.15, 0.2) is 71.5 Å². The highest BCUT2D eigenvalue weighted by Gasteiger charge is 2.28. The quantitative estimate of drug-likeness (QED) is 0.160. The van der Waals surface area contributed by atoms with Crippen LogP contribution in [-0.2, 0) is 17.9 Å². The Kier molecular flexibility index (Phi) is 8.63. The molecular weight excluding hydrogens is 640 g/mol. The van der Waals surface area contributed by atoms with Crippen molar-refractivity contribution in [3.63, 3.8) is 0 Å². The van der Waals surface area contributed by atoms with Gasteiger partial charge < -0.3 is 14.8 Å². The van der Waals surface area contributed by atoms with E-state index in [4.69, 9.17) is 14.4 Å². The maximum absolute atomic E-state index is 11.5. The number of pyridine rings is 1. The molecule has 2 aliphatic heterocycles. The molecule has 3 aromatic carbocycles. The van der Waals surface area contributed by atoms with Crippen molar-refractivity contribution in [3.8, 4) is 28.7 Å². The maximum atomic E-state index is 11.5. The molecule has 11 heteroatoms. The standard InChI is InChI=1S/C40H38N8O3/c1-24-30(7-5-9-32(24)39-46-35-16-26(15-29(18-41)37(35)51-39)20-48-14-11-28(22-48)40(49)50)31-8-6-10-33(25(31)2)45-38-36-34(43-23-44-38)17-27(19-42-36)21-47-12-3-4-13-47/h5-10,15-17,19,23,28H,3-4,11-14,20-22H2,1-2H3,(H,49,50)(H,43,44,45)/t28-/m1/s1. The van der Waals surface area contributed by atoms with Gasteiger partial charge in [-0.25, -0.2) is 15.0 Å². The number of anilines is 2. The number of nitrogens with one attached hydrogen (secondary N) is 1. The number of hydrogen-bond acceptors (Lipinski definition) is 10. The largest absolute Gasteiger partial charge is 0.481 e. The molecule has 51 heavy (non-hydrogen) atoms. The summed E-state index contributed by atoms with van der Waals surface area (Å²) in [5, 5.41) is 22.9. The second-order valence-electron chi connectivity index (χ2n) is 13.7. The van der Waals surface area contributed by atoms with Crippen molar-refractivity contribution in [2.24, 2.45) is 5.92 Å². The SMILES string of the molecule is Cc1c(Nc2ncnc3cc(CN4CCCC4)cnc23)cccc1-c1cccc(-c2nc3cc(CN4CC[C@@H](C(=O)O)C4)cc(C#N)c3o2)c1C. The van der Waals surface area contributed by atoms with E-state index < -0.39 is 5.97 Å². The van der Waals surface area contributed by atoms with Gasteiger partial charge in [-0.05, 0) is 116 Å². The number of carboxylic acid groups (broad SMARTS) is 1. The van der Waals surface area contributed by atoms with Gasteiger partial charge in [-0.1, -0.05) is 24.3 Å². The van der Waals surface area contributed by atoms with Crippen LogP contribution in [-0.4, -0.2) is 67.0 Å². The van der Waals surface area contributed by atoms with Gasteiger partial charge in [0.25, 0.3) is 0 Å². The van der Waals surface area contributed by atoms with Crippen LogP contribution in [0.3, 0.4) is 0 Å². The predicted molar refractivity (Wildman–Crippen MR) is 195 cm³/mol. The molecule has 0 amide bonds. The highest BCUT2D eigenvalue weighted by molar-refractivity contribution is 5.89. The van der Waals surface area contributed by atoms with Crippen LogP contribution in [0, 0.1) is 31.1 Å². The molecule has 1 atom stereocenters. The van der Waals surface area contributed by atoms with Crippen LogP contribution in [0.2, 0.25) is 0 Å². The van der Waals surface area contributed by atoms with Crippen LogP contribution in [0.5, 0.6) is 0 Å². The number of nitrogens with zero attached hydrogens (tertiary/aromatic N) is 7. The topological polar surface area (TPSA) is 144 Å². The molecule has 2 N–H and O–H groups in total. The van der Waals surface area contributed by atoms with E-state index in [-0.39, 0.29) is 5.92 Å². The second-order valence-corrected chi connectivity index (χ2v) is 13.7. The van der Waals surface area contributed by atoms with E-state index in [9.17, 15) is 15.2 Å². The molecule has 3 aromatic heterocycles. The number of benzene rings is 3. The zero-order valence-electron chi connectivity index (χ0n) is 28.7. The minimum absolute atomic E-state index is 0.361. The molecule has 0 radical (unpaired) electrons. The zero-order chi connectivity index (χ0) is 35.1. The normalized spacial score (nSPS) is 16.6. The molecule has 8 rings (SSSR count). The summed E-state index contributed by atoms with van der Waals surface area (Å²) in [5.74, 6) is -0.0233. The van der Waals surface area contributed by atoms with Crippen LogP contribution in [0.1, 0.15) is 47.1 Å². The molecule has 0 unspecified atom stereocenters. The maximum Gasteiger partial charge on any atom is 0.307 e. The van der Waals surface area contributed by atoms with Crippen molar-refractivity contribution < 1.29 is 14.3 Å². The fourth-order valence-electron chi connectivity index (χ4n) is 7.53. The highest BCUT2D eigenvalue weighted by Crippen LogP contribution is 2.38. The van der Waals surface area contributed by atoms with E-state index >= 15 is 0 Å². The molecule has 5 heterocycles. The van der Waals surface area contributed by atoms with Crippen molar-refractivity contribution in [2.75, 3.05) is 31.5 Å². The number of fused-ring (bicyclic) bond motifs is 2. The minimum Gasteiger partial charge on any atom is -0.481 e. The summed E-state index contributed by atoms with van der Waals surface area (Å²) in [5.41, 5.74) is 11.0. The van der Waals surface area contributed by atoms with Crippen molar-refractivity contribution >= 4 is 39.6 Å². The van der Waals surface area contributed by atoms with Crippen LogP contribution < -0.4 is 5.32 Å². The lowest BCUT2D eigenvalue weighted by Gasteiger charge is -2.17. The minimum atomic E-state index is -0.763. The Morgan fingerprint density at radius 1 is 0.922 bits per heavy atom. The van der Waals surface area contributed by atoms with Crippen LogP contribution >= 0.6 is 0 Å². The zero-order valence-corrected chi connectivity index (χ0v) is 28.7. The summed E-state index contributed by atoms with van der Waals surface area (Å²) in [6, 6.07) is 20.4. The molecule has 2 fully saturated rings. The molecule has 2 aliphatic rings. The fraction of sp³-hybridized carbons (Fsp3) is 0.300. The molecular formula is C40H38N8O3. The number of carboxylic acids is 1. The number of rotatable bonds is 9. The van der Waals surface area contributed by atoms with Crippen molar-refractivity contribution in [1.29, 1.82) is 5.26 Å². The van der Waals surface area contributed by atoms with Crippen molar-refractivity contribution in [3.05, 3.63) is 94.9 Å². The molecule has 0 spiro atoms. The number of aliphatic carboxylic acids is 1. The first-order chi connectivity index (χ1) is 24.8. The van der Waals surface area contributed by atoms with Crippen molar-refractivity contribution in [2.45, 2.75) is 46.2 Å². The van der Waals surface area contributed by atoms with Gasteiger partial charge in [-0.15, -0.1) is 0 Å². The van der Waals surface area contributed by atoms with E-state index in [0.29, 0.717) is 54.4 Å². The Labute approximate surface area is 295 Å². The highest BCUT2D eigenvalue weighted by atomic mass is 16.4. The lowest BCUT2D eigenvalue weighted by atomic mass is 9.93. The van der Waals surface area contributed by atoms with Crippen LogP contribution in [0.25, 0.3) is 44.7 Å². The Bertz CT molecular complexity index is 2340. The fourth-order valence-corrected chi connectivity index (χ4v) is 7.53. The first-order valence-corrected chi connectivity index (χ1v) is 17.4. The van der Waals surface area contributed by atoms with Gasteiger partial charge in [0.2, 0.25) is 5.89 Å². The monoisotopic (exact) mass is 678 g/mol. The lowest BCUT2D eigenvalue weighted by Crippen LogP contribution is -2.22. The summed E-state index contributed by atoms with van der Waals surface area (Å²) < 4.78 is 6.28. The van der Waals surface area contributed by atoms with E-state index in [0.717, 1.165) is 75.3 Å². The first-order valence-electron chi connectivity index (χ1n) is 17.4. The van der Waals surface area contributed by atoms with Gasteiger partial charge in [0.1, 0.15) is 23.4 Å². The van der Waals surface area contributed by atoms with Crippen LogP contribution in [0.4, 0.5) is 11.5 Å². The molecule has 0 saturated carbocycles. The second kappa shape index (κ2) is 13.5. The molecule has 256 valence electrons. The van der Waals surface area contributed by atoms with Gasteiger partial charge in [-0.3, -0.25) is 19.6 Å². The van der Waals surface area contributed by atoms with Gasteiger partial charge >= 0.3 is 5.97 Å². The number of nitriles is 1. The number of hydrogen-bond donors (Lipinski definition) is 2. The summed E-state index contributed by atoms with van der Waals surface area (Å²) in [6.07, 6.45) is 6.64. The average molecular weight is 679 g/mol. The summed E-state index contributed by atoms with van der Waals surface area (Å²) in [4.78, 5) is 34.8. The van der Waals surface area contributed by atoms with E-state index in [1.54, 1.807) is 6.33 Å². The Hall–Kier alpha value is -5.70. The van der Waals surface area contributed by atoms with Gasteiger partial charge in [0.05, 0.1) is 17.0 Å². The summed E-state index contributed by atoms with van der Waals surface area (Å²) in [6.45, 7) is 9.04. The third-order valence-electron chi connectivity index (χ3n) is 10.3. The lowest BCUT2D eigenvalue weighted by molar-refractivity contribution is -0.141. The average Bonchev–Trinajstić information content (AvgIpc) is 3.91. The molecule has 0 aliphatic carbocycles. The van der Waals surface area contributed by atoms with E-state index in [1.165, 1.54) is 12.8 Å². The number of carbonyl (C=O) groups is 1. The molecule has 2 saturated heterocycles.